The minimum Gasteiger partial charge on any atom is -0.406 e. The van der Waals surface area contributed by atoms with Crippen LogP contribution in [0.15, 0.2) is 90.0 Å². The second kappa shape index (κ2) is 11.4. The van der Waals surface area contributed by atoms with Crippen LogP contribution in [0.2, 0.25) is 0 Å². The quantitative estimate of drug-likeness (QED) is 0.223. The lowest BCUT2D eigenvalue weighted by Crippen LogP contribution is -2.23. The van der Waals surface area contributed by atoms with E-state index in [4.69, 9.17) is 0 Å². The summed E-state index contributed by atoms with van der Waals surface area (Å²) < 4.78 is 83.2. The number of allylic oxidation sites excluding steroid dienone is 1. The lowest BCUT2D eigenvalue weighted by Gasteiger charge is -2.16. The molecule has 0 aliphatic carbocycles. The Balaban J connectivity index is 1.71. The first kappa shape index (κ1) is 27.0. The molecule has 0 heterocycles. The first-order valence-corrected chi connectivity index (χ1v) is 11.3. The molecule has 3 aromatic rings. The van der Waals surface area contributed by atoms with Gasteiger partial charge in [-0.25, -0.2) is 0 Å². The molecule has 0 spiro atoms. The Bertz CT molecular complexity index is 1200. The van der Waals surface area contributed by atoms with Crippen LogP contribution in [0.3, 0.4) is 0 Å². The molecule has 0 radical (unpaired) electrons. The number of alkyl halides is 6. The second-order valence-corrected chi connectivity index (χ2v) is 8.40. The maximum Gasteiger partial charge on any atom is 0.573 e. The highest BCUT2D eigenvalue weighted by molar-refractivity contribution is 8.00. The van der Waals surface area contributed by atoms with Crippen molar-refractivity contribution in [3.63, 3.8) is 0 Å². The maximum atomic E-state index is 13.3. The van der Waals surface area contributed by atoms with Crippen LogP contribution in [-0.2, 0) is 12.6 Å². The zero-order valence-electron chi connectivity index (χ0n) is 18.5. The maximum absolute atomic E-state index is 13.3. The van der Waals surface area contributed by atoms with Crippen LogP contribution < -0.4 is 14.8 Å². The summed E-state index contributed by atoms with van der Waals surface area (Å²) in [6, 6.07) is 16.8. The zero-order chi connectivity index (χ0) is 26.3. The SMILES string of the molecule is C=C(CCc1ccccc1)NC(=O)c1ccc(C(F)(F)F)cc1NSc1ccc(OC(F)(F)F)cc1. The van der Waals surface area contributed by atoms with Gasteiger partial charge in [-0.3, -0.25) is 4.79 Å². The van der Waals surface area contributed by atoms with Gasteiger partial charge in [-0.05, 0) is 72.8 Å². The van der Waals surface area contributed by atoms with Crippen LogP contribution in [0, 0.1) is 0 Å². The Morgan fingerprint density at radius 3 is 2.19 bits per heavy atom. The van der Waals surface area contributed by atoms with Gasteiger partial charge in [0, 0.05) is 10.6 Å². The van der Waals surface area contributed by atoms with Crippen LogP contribution in [0.5, 0.6) is 5.75 Å². The van der Waals surface area contributed by atoms with Crippen molar-refractivity contribution in [2.24, 2.45) is 0 Å². The van der Waals surface area contributed by atoms with E-state index in [1.54, 1.807) is 0 Å². The van der Waals surface area contributed by atoms with Gasteiger partial charge in [-0.1, -0.05) is 36.9 Å². The molecule has 0 aliphatic heterocycles. The predicted octanol–water partition coefficient (Wildman–Crippen LogP) is 7.60. The Hall–Kier alpha value is -3.60. The van der Waals surface area contributed by atoms with Crippen LogP contribution in [0.1, 0.15) is 27.9 Å². The molecule has 11 heteroatoms. The minimum absolute atomic E-state index is 0.0617. The Morgan fingerprint density at radius 1 is 0.917 bits per heavy atom. The Kier molecular flexibility index (Phi) is 8.57. The minimum atomic E-state index is -4.85. The van der Waals surface area contributed by atoms with Gasteiger partial charge in [0.05, 0.1) is 16.8 Å². The van der Waals surface area contributed by atoms with E-state index in [0.29, 0.717) is 23.4 Å². The molecule has 0 bridgehead atoms. The molecule has 0 saturated heterocycles. The molecule has 3 aromatic carbocycles. The van der Waals surface area contributed by atoms with E-state index < -0.39 is 29.8 Å². The fourth-order valence-electron chi connectivity index (χ4n) is 3.06. The summed E-state index contributed by atoms with van der Waals surface area (Å²) in [7, 11) is 0. The number of nitrogens with one attached hydrogen (secondary N) is 2. The van der Waals surface area contributed by atoms with Gasteiger partial charge in [0.15, 0.2) is 0 Å². The smallest absolute Gasteiger partial charge is 0.406 e. The predicted molar refractivity (Wildman–Crippen MR) is 125 cm³/mol. The molecular weight excluding hydrogens is 506 g/mol. The number of hydrogen-bond donors (Lipinski definition) is 2. The van der Waals surface area contributed by atoms with Gasteiger partial charge >= 0.3 is 12.5 Å². The van der Waals surface area contributed by atoms with Crippen LogP contribution in [0.4, 0.5) is 32.0 Å². The van der Waals surface area contributed by atoms with Gasteiger partial charge in [-0.2, -0.15) is 13.2 Å². The van der Waals surface area contributed by atoms with E-state index in [9.17, 15) is 31.1 Å². The van der Waals surface area contributed by atoms with Crippen molar-refractivity contribution in [3.05, 3.63) is 102 Å². The summed E-state index contributed by atoms with van der Waals surface area (Å²) >= 11 is 0.821. The summed E-state index contributed by atoms with van der Waals surface area (Å²) in [4.78, 5) is 13.2. The van der Waals surface area contributed by atoms with Crippen molar-refractivity contribution < 1.29 is 35.9 Å². The van der Waals surface area contributed by atoms with Crippen molar-refractivity contribution in [3.8, 4) is 5.75 Å². The van der Waals surface area contributed by atoms with Gasteiger partial charge in [0.25, 0.3) is 5.91 Å². The van der Waals surface area contributed by atoms with Crippen LogP contribution >= 0.6 is 11.9 Å². The third-order valence-corrected chi connectivity index (χ3v) is 5.61. The molecule has 0 saturated carbocycles. The summed E-state index contributed by atoms with van der Waals surface area (Å²) in [5, 5.41) is 2.61. The standard InChI is InChI=1S/C25H20F6N2O2S/c1-16(7-8-17-5-3-2-4-6-17)32-23(34)21-14-9-18(24(26,27)28)15-22(21)33-36-20-12-10-19(11-13-20)35-25(29,30)31/h2-6,9-15,33H,1,7-8H2,(H,32,34). The summed E-state index contributed by atoms with van der Waals surface area (Å²) in [6.07, 6.45) is -8.45. The number of rotatable bonds is 9. The highest BCUT2D eigenvalue weighted by Crippen LogP contribution is 2.34. The van der Waals surface area contributed by atoms with Gasteiger partial charge < -0.3 is 14.8 Å². The highest BCUT2D eigenvalue weighted by atomic mass is 32.2. The molecule has 0 aromatic heterocycles. The molecule has 0 aliphatic rings. The average Bonchev–Trinajstić information content (AvgIpc) is 2.81. The third-order valence-electron chi connectivity index (χ3n) is 4.78. The Labute approximate surface area is 207 Å². The van der Waals surface area contributed by atoms with Gasteiger partial charge in [0.1, 0.15) is 5.75 Å². The van der Waals surface area contributed by atoms with Crippen LogP contribution in [-0.4, -0.2) is 12.3 Å². The number of carbonyl (C=O) groups is 1. The number of benzene rings is 3. The molecule has 4 nitrogen and oxygen atoms in total. The Morgan fingerprint density at radius 2 is 1.58 bits per heavy atom. The van der Waals surface area contributed by atoms with Crippen molar-refractivity contribution in [1.29, 1.82) is 0 Å². The van der Waals surface area contributed by atoms with E-state index >= 15 is 0 Å². The molecule has 2 N–H and O–H groups in total. The number of halogens is 6. The molecule has 1 amide bonds. The monoisotopic (exact) mass is 526 g/mol. The van der Waals surface area contributed by atoms with Gasteiger partial charge in [0.2, 0.25) is 0 Å². The summed E-state index contributed by atoms with van der Waals surface area (Å²) in [5.74, 6) is -1.10. The highest BCUT2D eigenvalue weighted by Gasteiger charge is 2.32. The average molecular weight is 527 g/mol. The molecule has 190 valence electrons. The molecule has 0 atom stereocenters. The van der Waals surface area contributed by atoms with E-state index in [0.717, 1.165) is 47.8 Å². The van der Waals surface area contributed by atoms with E-state index in [2.05, 4.69) is 21.4 Å². The van der Waals surface area contributed by atoms with E-state index in [-0.39, 0.29) is 11.3 Å². The van der Waals surface area contributed by atoms with Crippen molar-refractivity contribution in [1.82, 2.24) is 5.32 Å². The molecule has 36 heavy (non-hydrogen) atoms. The number of hydrogen-bond acceptors (Lipinski definition) is 4. The van der Waals surface area contributed by atoms with Crippen LogP contribution in [0.25, 0.3) is 0 Å². The van der Waals surface area contributed by atoms with Crippen molar-refractivity contribution >= 4 is 23.5 Å². The van der Waals surface area contributed by atoms with Gasteiger partial charge in [-0.15, -0.1) is 13.2 Å². The lowest BCUT2D eigenvalue weighted by molar-refractivity contribution is -0.274. The number of carbonyl (C=O) groups excluding carboxylic acids is 1. The fourth-order valence-corrected chi connectivity index (χ4v) is 3.73. The second-order valence-electron chi connectivity index (χ2n) is 7.52. The number of anilines is 1. The largest absolute Gasteiger partial charge is 0.573 e. The fraction of sp³-hybridized carbons (Fsp3) is 0.160. The van der Waals surface area contributed by atoms with E-state index in [1.807, 2.05) is 30.3 Å². The third kappa shape index (κ3) is 8.26. The molecule has 0 unspecified atom stereocenters. The molecule has 0 fully saturated rings. The number of amides is 1. The molecule has 3 rings (SSSR count). The normalized spacial score (nSPS) is 11.6. The number of ether oxygens (including phenoxy) is 1. The molecular formula is C25H20F6N2O2S. The number of aryl methyl sites for hydroxylation is 1. The zero-order valence-corrected chi connectivity index (χ0v) is 19.4. The van der Waals surface area contributed by atoms with Crippen molar-refractivity contribution in [2.45, 2.75) is 30.3 Å². The van der Waals surface area contributed by atoms with Crippen molar-refractivity contribution in [2.75, 3.05) is 4.72 Å². The first-order chi connectivity index (χ1) is 16.9. The summed E-state index contributed by atoms with van der Waals surface area (Å²) in [5.41, 5.74) is 0.265. The lowest BCUT2D eigenvalue weighted by atomic mass is 10.1. The summed E-state index contributed by atoms with van der Waals surface area (Å²) in [6.45, 7) is 3.82. The topological polar surface area (TPSA) is 50.4 Å². The van der Waals surface area contributed by atoms with E-state index in [1.165, 1.54) is 12.1 Å². The first-order valence-electron chi connectivity index (χ1n) is 10.4.